The van der Waals surface area contributed by atoms with E-state index in [1.54, 1.807) is 12.2 Å². The maximum Gasteiger partial charge on any atom is 0.463 e. The molecule has 1 rings (SSSR count). The number of hydrogen-bond acceptors (Lipinski definition) is 1. The van der Waals surface area contributed by atoms with E-state index >= 15 is 0 Å². The Morgan fingerprint density at radius 1 is 1.12 bits per heavy atom. The van der Waals surface area contributed by atoms with Crippen LogP contribution in [-0.2, 0) is 4.79 Å². The Bertz CT molecular complexity index is 289. The van der Waals surface area contributed by atoms with Crippen molar-refractivity contribution in [1.82, 2.24) is 5.32 Å². The summed E-state index contributed by atoms with van der Waals surface area (Å²) in [4.78, 5) is 10.9. The van der Waals surface area contributed by atoms with Crippen LogP contribution in [0.4, 0.5) is 22.0 Å². The van der Waals surface area contributed by atoms with Crippen molar-refractivity contribution in [2.45, 2.75) is 50.7 Å². The number of halogens is 5. The first kappa shape index (κ1) is 14.2. The molecule has 1 N–H and O–H groups in total. The summed E-state index contributed by atoms with van der Waals surface area (Å²) in [6.07, 6.45) is -3.03. The first-order chi connectivity index (χ1) is 7.66. The van der Waals surface area contributed by atoms with Crippen LogP contribution >= 0.6 is 0 Å². The van der Waals surface area contributed by atoms with Gasteiger partial charge in [-0.3, -0.25) is 4.79 Å². The first-order valence-electron chi connectivity index (χ1n) is 5.41. The summed E-state index contributed by atoms with van der Waals surface area (Å²) in [5, 5.41) is 1.81. The maximum atomic E-state index is 12.7. The van der Waals surface area contributed by atoms with E-state index in [1.165, 1.54) is 0 Å². The standard InChI is InChI=1S/C10H14F5NO/c1-6-4-2-3-5-7(6)16-8(17)9(11,12)10(13,14)15/h6-7H,2-5H2,1H3,(H,16,17). The summed E-state index contributed by atoms with van der Waals surface area (Å²) >= 11 is 0. The van der Waals surface area contributed by atoms with Crippen molar-refractivity contribution >= 4 is 5.91 Å². The molecule has 0 aliphatic heterocycles. The van der Waals surface area contributed by atoms with Crippen LogP contribution in [0.2, 0.25) is 0 Å². The third-order valence-corrected chi connectivity index (χ3v) is 3.07. The van der Waals surface area contributed by atoms with Crippen LogP contribution in [0.5, 0.6) is 0 Å². The summed E-state index contributed by atoms with van der Waals surface area (Å²) in [6.45, 7) is 1.73. The largest absolute Gasteiger partial charge is 0.463 e. The zero-order valence-electron chi connectivity index (χ0n) is 9.28. The zero-order chi connectivity index (χ0) is 13.3. The first-order valence-corrected chi connectivity index (χ1v) is 5.41. The molecular formula is C10H14F5NO. The SMILES string of the molecule is CC1CCCCC1NC(=O)C(F)(F)C(F)(F)F. The van der Waals surface area contributed by atoms with E-state index < -0.39 is 24.0 Å². The number of hydrogen-bond donors (Lipinski definition) is 1. The number of carbonyl (C=O) groups is 1. The summed E-state index contributed by atoms with van der Waals surface area (Å²) in [7, 11) is 0. The molecule has 0 aromatic carbocycles. The Hall–Kier alpha value is -0.880. The molecule has 1 fully saturated rings. The Kier molecular flexibility index (Phi) is 3.99. The molecule has 2 nitrogen and oxygen atoms in total. The van der Waals surface area contributed by atoms with Gasteiger partial charge in [0.2, 0.25) is 0 Å². The second-order valence-corrected chi connectivity index (χ2v) is 4.41. The zero-order valence-corrected chi connectivity index (χ0v) is 9.28. The molecule has 0 spiro atoms. The van der Waals surface area contributed by atoms with Crippen molar-refractivity contribution in [1.29, 1.82) is 0 Å². The Morgan fingerprint density at radius 2 is 1.65 bits per heavy atom. The van der Waals surface area contributed by atoms with Gasteiger partial charge in [0.25, 0.3) is 0 Å². The molecule has 2 atom stereocenters. The highest BCUT2D eigenvalue weighted by atomic mass is 19.4. The van der Waals surface area contributed by atoms with Crippen LogP contribution in [0.1, 0.15) is 32.6 Å². The molecule has 1 saturated carbocycles. The average molecular weight is 259 g/mol. The summed E-state index contributed by atoms with van der Waals surface area (Å²) in [5.41, 5.74) is 0. The van der Waals surface area contributed by atoms with Gasteiger partial charge in [0.15, 0.2) is 0 Å². The van der Waals surface area contributed by atoms with Gasteiger partial charge in [-0.15, -0.1) is 0 Å². The lowest BCUT2D eigenvalue weighted by Crippen LogP contribution is -2.54. The molecular weight excluding hydrogens is 245 g/mol. The Balaban J connectivity index is 2.65. The van der Waals surface area contributed by atoms with Gasteiger partial charge < -0.3 is 5.32 Å². The molecule has 17 heavy (non-hydrogen) atoms. The summed E-state index contributed by atoms with van der Waals surface area (Å²) < 4.78 is 61.1. The van der Waals surface area contributed by atoms with Gasteiger partial charge >= 0.3 is 18.0 Å². The van der Waals surface area contributed by atoms with Crippen molar-refractivity contribution < 1.29 is 26.7 Å². The lowest BCUT2D eigenvalue weighted by molar-refractivity contribution is -0.270. The minimum absolute atomic E-state index is 0.0725. The van der Waals surface area contributed by atoms with Gasteiger partial charge in [-0.25, -0.2) is 0 Å². The van der Waals surface area contributed by atoms with Crippen molar-refractivity contribution in [3.8, 4) is 0 Å². The second-order valence-electron chi connectivity index (χ2n) is 4.41. The fourth-order valence-electron chi connectivity index (χ4n) is 1.92. The van der Waals surface area contributed by atoms with Gasteiger partial charge in [-0.05, 0) is 18.8 Å². The van der Waals surface area contributed by atoms with E-state index in [9.17, 15) is 26.7 Å². The molecule has 0 radical (unpaired) electrons. The molecule has 0 bridgehead atoms. The van der Waals surface area contributed by atoms with E-state index in [0.29, 0.717) is 6.42 Å². The molecule has 0 aromatic heterocycles. The Labute approximate surface area is 95.6 Å². The van der Waals surface area contributed by atoms with E-state index in [-0.39, 0.29) is 5.92 Å². The minimum Gasteiger partial charge on any atom is -0.348 e. The van der Waals surface area contributed by atoms with Crippen molar-refractivity contribution in [2.75, 3.05) is 0 Å². The van der Waals surface area contributed by atoms with Gasteiger partial charge in [-0.2, -0.15) is 22.0 Å². The fraction of sp³-hybridized carbons (Fsp3) is 0.900. The van der Waals surface area contributed by atoms with Gasteiger partial charge in [-0.1, -0.05) is 19.8 Å². The number of rotatable bonds is 2. The van der Waals surface area contributed by atoms with E-state index in [0.717, 1.165) is 19.3 Å². The predicted molar refractivity (Wildman–Crippen MR) is 50.6 cm³/mol. The van der Waals surface area contributed by atoms with E-state index in [1.807, 2.05) is 0 Å². The topological polar surface area (TPSA) is 29.1 Å². The molecule has 7 heteroatoms. The highest BCUT2D eigenvalue weighted by Gasteiger charge is 2.63. The lowest BCUT2D eigenvalue weighted by atomic mass is 9.86. The number of nitrogens with one attached hydrogen (secondary N) is 1. The molecule has 1 aliphatic carbocycles. The highest BCUT2D eigenvalue weighted by molar-refractivity contribution is 5.84. The fourth-order valence-corrected chi connectivity index (χ4v) is 1.92. The highest BCUT2D eigenvalue weighted by Crippen LogP contribution is 2.36. The van der Waals surface area contributed by atoms with Gasteiger partial charge in [0.1, 0.15) is 0 Å². The quantitative estimate of drug-likeness (QED) is 0.759. The Morgan fingerprint density at radius 3 is 2.12 bits per heavy atom. The summed E-state index contributed by atoms with van der Waals surface area (Å²) in [5.74, 6) is -7.63. The molecule has 1 aliphatic rings. The number of carbonyl (C=O) groups excluding carboxylic acids is 1. The molecule has 100 valence electrons. The average Bonchev–Trinajstić information content (AvgIpc) is 2.19. The van der Waals surface area contributed by atoms with Crippen molar-refractivity contribution in [3.05, 3.63) is 0 Å². The maximum absolute atomic E-state index is 12.7. The molecule has 0 aromatic rings. The molecule has 0 heterocycles. The van der Waals surface area contributed by atoms with Crippen LogP contribution < -0.4 is 5.32 Å². The third kappa shape index (κ3) is 3.07. The number of alkyl halides is 5. The summed E-state index contributed by atoms with van der Waals surface area (Å²) in [6, 6.07) is -0.593. The molecule has 2 unspecified atom stereocenters. The normalized spacial score (nSPS) is 26.7. The van der Waals surface area contributed by atoms with Crippen LogP contribution in [0.15, 0.2) is 0 Å². The number of amides is 1. The van der Waals surface area contributed by atoms with Crippen LogP contribution in [-0.4, -0.2) is 24.0 Å². The monoisotopic (exact) mass is 259 g/mol. The minimum atomic E-state index is -5.84. The van der Waals surface area contributed by atoms with Gasteiger partial charge in [0.05, 0.1) is 0 Å². The third-order valence-electron chi connectivity index (χ3n) is 3.07. The van der Waals surface area contributed by atoms with Gasteiger partial charge in [0, 0.05) is 6.04 Å². The van der Waals surface area contributed by atoms with Crippen molar-refractivity contribution in [3.63, 3.8) is 0 Å². The predicted octanol–water partition coefficient (Wildman–Crippen LogP) is 2.88. The smallest absolute Gasteiger partial charge is 0.348 e. The second kappa shape index (κ2) is 4.78. The van der Waals surface area contributed by atoms with Crippen molar-refractivity contribution in [2.24, 2.45) is 5.92 Å². The van der Waals surface area contributed by atoms with Crippen LogP contribution in [0.25, 0.3) is 0 Å². The molecule has 0 saturated heterocycles. The van der Waals surface area contributed by atoms with E-state index in [4.69, 9.17) is 0 Å². The van der Waals surface area contributed by atoms with Crippen LogP contribution in [0.3, 0.4) is 0 Å². The van der Waals surface area contributed by atoms with Crippen LogP contribution in [0, 0.1) is 5.92 Å². The molecule has 1 amide bonds. The lowest BCUT2D eigenvalue weighted by Gasteiger charge is -2.31. The van der Waals surface area contributed by atoms with E-state index in [2.05, 4.69) is 0 Å².